The van der Waals surface area contributed by atoms with Crippen LogP contribution in [0.3, 0.4) is 0 Å². The van der Waals surface area contributed by atoms with E-state index < -0.39 is 10.0 Å². The Hall–Kier alpha value is -0.850. The molecule has 0 saturated carbocycles. The van der Waals surface area contributed by atoms with Crippen LogP contribution in [0.1, 0.15) is 46.7 Å². The van der Waals surface area contributed by atoms with Crippen LogP contribution in [-0.2, 0) is 23.1 Å². The average Bonchev–Trinajstić information content (AvgIpc) is 2.80. The van der Waals surface area contributed by atoms with Gasteiger partial charge in [-0.15, -0.1) is 0 Å². The number of nitrogens with one attached hydrogen (secondary N) is 2. The molecule has 0 bridgehead atoms. The van der Waals surface area contributed by atoms with Crippen LogP contribution in [0.4, 0.5) is 0 Å². The van der Waals surface area contributed by atoms with Crippen molar-refractivity contribution >= 4 is 10.0 Å². The molecule has 5 nitrogen and oxygen atoms in total. The van der Waals surface area contributed by atoms with Gasteiger partial charge in [0.15, 0.2) is 0 Å². The van der Waals surface area contributed by atoms with E-state index in [-0.39, 0.29) is 5.41 Å². The molecular weight excluding hydrogens is 286 g/mol. The summed E-state index contributed by atoms with van der Waals surface area (Å²) in [5, 5.41) is 3.31. The molecule has 0 atom stereocenters. The van der Waals surface area contributed by atoms with Crippen molar-refractivity contribution in [2.45, 2.75) is 59.0 Å². The third kappa shape index (κ3) is 5.80. The minimum atomic E-state index is -3.43. The van der Waals surface area contributed by atoms with Crippen LogP contribution in [0, 0.1) is 5.41 Å². The molecule has 1 aromatic rings. The minimum Gasteiger partial charge on any atom is -0.349 e. The summed E-state index contributed by atoms with van der Waals surface area (Å²) < 4.78 is 29.4. The summed E-state index contributed by atoms with van der Waals surface area (Å²) in [5.41, 5.74) is 0.924. The smallest absolute Gasteiger partial charge is 0.242 e. The molecule has 0 saturated heterocycles. The van der Waals surface area contributed by atoms with Crippen molar-refractivity contribution in [1.29, 1.82) is 0 Å². The van der Waals surface area contributed by atoms with Gasteiger partial charge >= 0.3 is 0 Å². The van der Waals surface area contributed by atoms with Crippen LogP contribution in [0.5, 0.6) is 0 Å². The van der Waals surface area contributed by atoms with Crippen molar-refractivity contribution in [2.24, 2.45) is 5.41 Å². The first-order valence-corrected chi connectivity index (χ1v) is 9.07. The number of sulfonamides is 1. The first kappa shape index (κ1) is 18.2. The SMILES string of the molecule is CCCNCc1cc(S(=O)(=O)NCC(C)(C)C)cn1CC. The molecule has 1 aromatic heterocycles. The number of nitrogens with zero attached hydrogens (tertiary/aromatic N) is 1. The number of hydrogen-bond donors (Lipinski definition) is 2. The van der Waals surface area contributed by atoms with Crippen molar-refractivity contribution in [3.8, 4) is 0 Å². The van der Waals surface area contributed by atoms with E-state index in [0.29, 0.717) is 18.0 Å². The highest BCUT2D eigenvalue weighted by molar-refractivity contribution is 7.89. The van der Waals surface area contributed by atoms with Gasteiger partial charge in [0.25, 0.3) is 0 Å². The van der Waals surface area contributed by atoms with Gasteiger partial charge in [-0.2, -0.15) is 0 Å². The van der Waals surface area contributed by atoms with Crippen LogP contribution >= 0.6 is 0 Å². The van der Waals surface area contributed by atoms with Crippen LogP contribution in [-0.4, -0.2) is 26.1 Å². The lowest BCUT2D eigenvalue weighted by molar-refractivity contribution is 0.407. The molecule has 21 heavy (non-hydrogen) atoms. The lowest BCUT2D eigenvalue weighted by Crippen LogP contribution is -2.32. The highest BCUT2D eigenvalue weighted by Crippen LogP contribution is 2.17. The number of aromatic nitrogens is 1. The van der Waals surface area contributed by atoms with Gasteiger partial charge in [-0.05, 0) is 31.4 Å². The Morgan fingerprint density at radius 2 is 1.90 bits per heavy atom. The van der Waals surface area contributed by atoms with Crippen molar-refractivity contribution in [3.63, 3.8) is 0 Å². The number of rotatable bonds is 8. The first-order valence-electron chi connectivity index (χ1n) is 7.59. The molecule has 2 N–H and O–H groups in total. The van der Waals surface area contributed by atoms with E-state index in [9.17, 15) is 8.42 Å². The van der Waals surface area contributed by atoms with Gasteiger partial charge < -0.3 is 9.88 Å². The summed E-state index contributed by atoms with van der Waals surface area (Å²) in [7, 11) is -3.43. The molecule has 0 radical (unpaired) electrons. The Kier molecular flexibility index (Phi) is 6.43. The molecule has 0 aliphatic rings. The van der Waals surface area contributed by atoms with E-state index in [1.807, 2.05) is 32.3 Å². The predicted molar refractivity (Wildman–Crippen MR) is 86.7 cm³/mol. The molecule has 0 aliphatic carbocycles. The van der Waals surface area contributed by atoms with Gasteiger partial charge in [0.1, 0.15) is 0 Å². The monoisotopic (exact) mass is 315 g/mol. The quantitative estimate of drug-likeness (QED) is 0.724. The molecule has 1 heterocycles. The van der Waals surface area contributed by atoms with E-state index >= 15 is 0 Å². The van der Waals surface area contributed by atoms with E-state index in [0.717, 1.165) is 25.2 Å². The second kappa shape index (κ2) is 7.42. The Bertz CT molecular complexity index is 542. The fraction of sp³-hybridized carbons (Fsp3) is 0.733. The lowest BCUT2D eigenvalue weighted by Gasteiger charge is -2.18. The van der Waals surface area contributed by atoms with Crippen molar-refractivity contribution in [2.75, 3.05) is 13.1 Å². The summed E-state index contributed by atoms with van der Waals surface area (Å²) in [4.78, 5) is 0.349. The Morgan fingerprint density at radius 3 is 2.43 bits per heavy atom. The average molecular weight is 315 g/mol. The van der Waals surface area contributed by atoms with Gasteiger partial charge in [-0.25, -0.2) is 13.1 Å². The van der Waals surface area contributed by atoms with Crippen molar-refractivity contribution < 1.29 is 8.42 Å². The molecule has 122 valence electrons. The minimum absolute atomic E-state index is 0.0775. The Labute approximate surface area is 129 Å². The summed E-state index contributed by atoms with van der Waals surface area (Å²) >= 11 is 0. The van der Waals surface area contributed by atoms with Crippen molar-refractivity contribution in [1.82, 2.24) is 14.6 Å². The van der Waals surface area contributed by atoms with E-state index in [2.05, 4.69) is 17.0 Å². The summed E-state index contributed by atoms with van der Waals surface area (Å²) in [5.74, 6) is 0. The lowest BCUT2D eigenvalue weighted by atomic mass is 9.98. The third-order valence-corrected chi connectivity index (χ3v) is 4.51. The van der Waals surface area contributed by atoms with E-state index in [1.54, 1.807) is 12.3 Å². The Morgan fingerprint density at radius 1 is 1.24 bits per heavy atom. The fourth-order valence-corrected chi connectivity index (χ4v) is 3.25. The van der Waals surface area contributed by atoms with Gasteiger partial charge in [0.05, 0.1) is 4.90 Å². The van der Waals surface area contributed by atoms with E-state index in [4.69, 9.17) is 0 Å². The molecule has 6 heteroatoms. The Balaban J connectivity index is 2.87. The van der Waals surface area contributed by atoms with Crippen LogP contribution in [0.25, 0.3) is 0 Å². The summed E-state index contributed by atoms with van der Waals surface area (Å²) in [6.07, 6.45) is 2.78. The van der Waals surface area contributed by atoms with Crippen LogP contribution < -0.4 is 10.0 Å². The zero-order valence-corrected chi connectivity index (χ0v) is 14.7. The van der Waals surface area contributed by atoms with Gasteiger partial charge in [0, 0.05) is 31.5 Å². The van der Waals surface area contributed by atoms with Crippen LogP contribution in [0.2, 0.25) is 0 Å². The molecule has 0 aliphatic heterocycles. The molecule has 0 spiro atoms. The maximum Gasteiger partial charge on any atom is 0.242 e. The molecular formula is C15H29N3O2S. The summed E-state index contributed by atoms with van der Waals surface area (Å²) in [6.45, 7) is 13.0. The second-order valence-corrected chi connectivity index (χ2v) is 8.28. The van der Waals surface area contributed by atoms with Gasteiger partial charge in [-0.1, -0.05) is 27.7 Å². The maximum absolute atomic E-state index is 12.3. The zero-order valence-electron chi connectivity index (χ0n) is 13.9. The number of aryl methyl sites for hydroxylation is 1. The third-order valence-electron chi connectivity index (χ3n) is 3.14. The second-order valence-electron chi connectivity index (χ2n) is 6.52. The number of hydrogen-bond acceptors (Lipinski definition) is 3. The highest BCUT2D eigenvalue weighted by Gasteiger charge is 2.20. The fourth-order valence-electron chi connectivity index (χ4n) is 1.90. The molecule has 0 amide bonds. The molecule has 0 fully saturated rings. The highest BCUT2D eigenvalue weighted by atomic mass is 32.2. The molecule has 1 rings (SSSR count). The predicted octanol–water partition coefficient (Wildman–Crippen LogP) is 2.33. The van der Waals surface area contributed by atoms with Crippen molar-refractivity contribution in [3.05, 3.63) is 18.0 Å². The molecule has 0 aromatic carbocycles. The first-order chi connectivity index (χ1) is 9.69. The van der Waals surface area contributed by atoms with Gasteiger partial charge in [-0.3, -0.25) is 0 Å². The van der Waals surface area contributed by atoms with E-state index in [1.165, 1.54) is 0 Å². The molecule has 0 unspecified atom stereocenters. The zero-order chi connectivity index (χ0) is 16.1. The summed E-state index contributed by atoms with van der Waals surface area (Å²) in [6, 6.07) is 1.76. The van der Waals surface area contributed by atoms with Crippen LogP contribution in [0.15, 0.2) is 17.2 Å². The topological polar surface area (TPSA) is 63.1 Å². The largest absolute Gasteiger partial charge is 0.349 e. The maximum atomic E-state index is 12.3. The van der Waals surface area contributed by atoms with Gasteiger partial charge in [0.2, 0.25) is 10.0 Å². The standard InChI is InChI=1S/C15H29N3O2S/c1-6-8-16-10-13-9-14(11-18(13)7-2)21(19,20)17-12-15(3,4)5/h9,11,16-17H,6-8,10,12H2,1-5H3. The normalized spacial score (nSPS) is 12.8.